The van der Waals surface area contributed by atoms with Crippen LogP contribution in [0.2, 0.25) is 0 Å². The van der Waals surface area contributed by atoms with E-state index in [-0.39, 0.29) is 11.7 Å². The van der Waals surface area contributed by atoms with Gasteiger partial charge in [0.1, 0.15) is 11.2 Å². The van der Waals surface area contributed by atoms with Crippen molar-refractivity contribution in [3.8, 4) is 0 Å². The average Bonchev–Trinajstić information content (AvgIpc) is 2.69. The first kappa shape index (κ1) is 17.8. The number of ether oxygens (including phenoxy) is 1. The van der Waals surface area contributed by atoms with Crippen LogP contribution < -0.4 is 0 Å². The second-order valence-corrected chi connectivity index (χ2v) is 6.79. The van der Waals surface area contributed by atoms with Gasteiger partial charge in [0.05, 0.1) is 0 Å². The normalized spacial score (nSPS) is 24.9. The average molecular weight is 298 g/mol. The smallest absolute Gasteiger partial charge is 0.410 e. The Kier molecular flexibility index (Phi) is 6.49. The molecule has 1 saturated heterocycles. The monoisotopic (exact) mass is 298 g/mol. The van der Waals surface area contributed by atoms with E-state index in [1.807, 2.05) is 27.0 Å². The highest BCUT2D eigenvalue weighted by Crippen LogP contribution is 2.32. The topological polar surface area (TPSA) is 51.1 Å². The SMILES string of the molecule is CC(C)(C)OC(=O)N1CCCC2(CC=NO2)CC1.CCC. The van der Waals surface area contributed by atoms with Crippen LogP contribution in [-0.2, 0) is 9.57 Å². The van der Waals surface area contributed by atoms with E-state index < -0.39 is 5.60 Å². The molecule has 2 aliphatic heterocycles. The second kappa shape index (κ2) is 7.66. The molecule has 1 unspecified atom stereocenters. The van der Waals surface area contributed by atoms with Crippen molar-refractivity contribution in [3.63, 3.8) is 0 Å². The van der Waals surface area contributed by atoms with Crippen molar-refractivity contribution in [1.29, 1.82) is 0 Å². The van der Waals surface area contributed by atoms with E-state index in [4.69, 9.17) is 9.57 Å². The fraction of sp³-hybridized carbons (Fsp3) is 0.875. The molecule has 1 atom stereocenters. The molecule has 0 aromatic heterocycles. The van der Waals surface area contributed by atoms with E-state index >= 15 is 0 Å². The van der Waals surface area contributed by atoms with Crippen LogP contribution in [0.3, 0.4) is 0 Å². The quantitative estimate of drug-likeness (QED) is 0.680. The first-order valence-corrected chi connectivity index (χ1v) is 8.00. The molecule has 0 N–H and O–H groups in total. The molecule has 2 rings (SSSR count). The maximum absolute atomic E-state index is 12.0. The van der Waals surface area contributed by atoms with E-state index in [1.165, 1.54) is 6.42 Å². The highest BCUT2D eigenvalue weighted by Gasteiger charge is 2.38. The number of oxime groups is 1. The van der Waals surface area contributed by atoms with E-state index in [0.29, 0.717) is 6.54 Å². The van der Waals surface area contributed by atoms with Gasteiger partial charge in [-0.05, 0) is 33.6 Å². The summed E-state index contributed by atoms with van der Waals surface area (Å²) >= 11 is 0. The molecule has 2 aliphatic rings. The Balaban J connectivity index is 0.000000677. The highest BCUT2D eigenvalue weighted by molar-refractivity contribution is 5.68. The molecule has 5 nitrogen and oxygen atoms in total. The zero-order valence-corrected chi connectivity index (χ0v) is 14.1. The van der Waals surface area contributed by atoms with Crippen LogP contribution in [0.1, 0.15) is 66.7 Å². The largest absolute Gasteiger partial charge is 0.444 e. The zero-order chi connectivity index (χ0) is 15.9. The number of carbonyl (C=O) groups is 1. The van der Waals surface area contributed by atoms with Crippen molar-refractivity contribution in [2.24, 2.45) is 5.16 Å². The summed E-state index contributed by atoms with van der Waals surface area (Å²) in [6.45, 7) is 11.3. The molecule has 0 bridgehead atoms. The van der Waals surface area contributed by atoms with Gasteiger partial charge in [-0.25, -0.2) is 4.79 Å². The summed E-state index contributed by atoms with van der Waals surface area (Å²) in [7, 11) is 0. The van der Waals surface area contributed by atoms with E-state index in [2.05, 4.69) is 19.0 Å². The molecular weight excluding hydrogens is 268 g/mol. The number of rotatable bonds is 0. The van der Waals surface area contributed by atoms with Gasteiger partial charge in [-0.2, -0.15) is 0 Å². The Hall–Kier alpha value is -1.26. The van der Waals surface area contributed by atoms with Crippen molar-refractivity contribution >= 4 is 12.3 Å². The fourth-order valence-electron chi connectivity index (χ4n) is 2.36. The molecule has 0 aliphatic carbocycles. The maximum atomic E-state index is 12.0. The highest BCUT2D eigenvalue weighted by atomic mass is 16.7. The predicted octanol–water partition coefficient (Wildman–Crippen LogP) is 3.97. The summed E-state index contributed by atoms with van der Waals surface area (Å²) < 4.78 is 5.40. The van der Waals surface area contributed by atoms with Crippen LogP contribution in [0.5, 0.6) is 0 Å². The molecule has 0 aromatic carbocycles. The minimum atomic E-state index is -0.436. The second-order valence-electron chi connectivity index (χ2n) is 6.79. The van der Waals surface area contributed by atoms with Crippen LogP contribution in [0.4, 0.5) is 4.79 Å². The molecule has 2 heterocycles. The Morgan fingerprint density at radius 3 is 2.52 bits per heavy atom. The molecule has 21 heavy (non-hydrogen) atoms. The van der Waals surface area contributed by atoms with Gasteiger partial charge >= 0.3 is 6.09 Å². The van der Waals surface area contributed by atoms with Gasteiger partial charge in [-0.1, -0.05) is 25.4 Å². The lowest BCUT2D eigenvalue weighted by molar-refractivity contribution is -0.0298. The van der Waals surface area contributed by atoms with Gasteiger partial charge in [-0.3, -0.25) is 0 Å². The van der Waals surface area contributed by atoms with Gasteiger partial charge < -0.3 is 14.5 Å². The van der Waals surface area contributed by atoms with Gasteiger partial charge in [0, 0.05) is 32.1 Å². The summed E-state index contributed by atoms with van der Waals surface area (Å²) in [4.78, 5) is 19.3. The molecule has 0 saturated carbocycles. The Morgan fingerprint density at radius 2 is 2.00 bits per heavy atom. The van der Waals surface area contributed by atoms with Crippen LogP contribution in [0.15, 0.2) is 5.16 Å². The molecule has 5 heteroatoms. The van der Waals surface area contributed by atoms with Crippen molar-refractivity contribution < 1.29 is 14.4 Å². The minimum absolute atomic E-state index is 0.170. The Bertz CT molecular complexity index is 353. The van der Waals surface area contributed by atoms with E-state index in [0.717, 1.165) is 32.2 Å². The number of carbonyl (C=O) groups excluding carboxylic acids is 1. The predicted molar refractivity (Wildman–Crippen MR) is 84.5 cm³/mol. The van der Waals surface area contributed by atoms with Crippen LogP contribution in [-0.4, -0.2) is 41.5 Å². The summed E-state index contributed by atoms with van der Waals surface area (Å²) in [5.41, 5.74) is -0.606. The maximum Gasteiger partial charge on any atom is 0.410 e. The third kappa shape index (κ3) is 5.94. The first-order chi connectivity index (χ1) is 9.82. The van der Waals surface area contributed by atoms with Crippen LogP contribution in [0.25, 0.3) is 0 Å². The van der Waals surface area contributed by atoms with Crippen molar-refractivity contribution in [2.75, 3.05) is 13.1 Å². The summed E-state index contributed by atoms with van der Waals surface area (Å²) in [5, 5.41) is 3.87. The molecule has 0 radical (unpaired) electrons. The molecule has 1 fully saturated rings. The lowest BCUT2D eigenvalue weighted by Gasteiger charge is -2.27. The van der Waals surface area contributed by atoms with Crippen LogP contribution >= 0.6 is 0 Å². The van der Waals surface area contributed by atoms with Crippen molar-refractivity contribution in [3.05, 3.63) is 0 Å². The van der Waals surface area contributed by atoms with Gasteiger partial charge in [0.15, 0.2) is 0 Å². The number of likely N-dealkylation sites (tertiary alicyclic amines) is 1. The summed E-state index contributed by atoms with van der Waals surface area (Å²) in [5.74, 6) is 0. The number of nitrogens with zero attached hydrogens (tertiary/aromatic N) is 2. The van der Waals surface area contributed by atoms with Crippen molar-refractivity contribution in [1.82, 2.24) is 4.90 Å². The number of amides is 1. The molecule has 0 aromatic rings. The molecular formula is C16H30N2O3. The lowest BCUT2D eigenvalue weighted by Crippen LogP contribution is -2.38. The third-order valence-electron chi connectivity index (χ3n) is 3.33. The van der Waals surface area contributed by atoms with Crippen LogP contribution in [0, 0.1) is 0 Å². The Morgan fingerprint density at radius 1 is 1.33 bits per heavy atom. The van der Waals surface area contributed by atoms with Gasteiger partial charge in [0.2, 0.25) is 0 Å². The summed E-state index contributed by atoms with van der Waals surface area (Å²) in [6, 6.07) is 0. The standard InChI is InChI=1S/C13H22N2O3.C3H8/c1-12(2,3)17-11(16)15-9-4-5-13(7-10-15)6-8-14-18-13;1-3-2/h8H,4-7,9-10H2,1-3H3;3H2,1-2H3. The van der Waals surface area contributed by atoms with Gasteiger partial charge in [-0.15, -0.1) is 0 Å². The van der Waals surface area contributed by atoms with E-state index in [9.17, 15) is 4.79 Å². The minimum Gasteiger partial charge on any atom is -0.444 e. The Labute approximate surface area is 128 Å². The van der Waals surface area contributed by atoms with Gasteiger partial charge in [0.25, 0.3) is 0 Å². The lowest BCUT2D eigenvalue weighted by atomic mass is 9.92. The zero-order valence-electron chi connectivity index (χ0n) is 14.1. The molecule has 122 valence electrons. The molecule has 1 spiro atoms. The van der Waals surface area contributed by atoms with E-state index in [1.54, 1.807) is 4.90 Å². The summed E-state index contributed by atoms with van der Waals surface area (Å²) in [6.07, 6.45) is 6.41. The first-order valence-electron chi connectivity index (χ1n) is 8.00. The number of hydrogen-bond acceptors (Lipinski definition) is 4. The number of hydrogen-bond donors (Lipinski definition) is 0. The third-order valence-corrected chi connectivity index (χ3v) is 3.33. The molecule has 1 amide bonds. The van der Waals surface area contributed by atoms with Crippen molar-refractivity contribution in [2.45, 2.75) is 77.9 Å². The fourth-order valence-corrected chi connectivity index (χ4v) is 2.36.